The minimum absolute atomic E-state index is 0.250. The average Bonchev–Trinajstić information content (AvgIpc) is 2.77. The van der Waals surface area contributed by atoms with Crippen LogP contribution in [0.3, 0.4) is 0 Å². The van der Waals surface area contributed by atoms with Crippen LogP contribution >= 0.6 is 0 Å². The molecular formula is C23H18FN3O3. The number of hydrogen-bond acceptors (Lipinski definition) is 4. The molecule has 0 aliphatic rings. The van der Waals surface area contributed by atoms with Crippen molar-refractivity contribution in [1.82, 2.24) is 9.78 Å². The predicted molar refractivity (Wildman–Crippen MR) is 113 cm³/mol. The first kappa shape index (κ1) is 19.3. The summed E-state index contributed by atoms with van der Waals surface area (Å²) in [6.07, 6.45) is 0. The number of nitrogens with one attached hydrogen (secondary N) is 1. The van der Waals surface area contributed by atoms with Gasteiger partial charge in [0.25, 0.3) is 5.56 Å². The summed E-state index contributed by atoms with van der Waals surface area (Å²) in [7, 11) is 1.46. The fourth-order valence-electron chi connectivity index (χ4n) is 3.19. The van der Waals surface area contributed by atoms with Crippen molar-refractivity contribution in [2.45, 2.75) is 6.54 Å². The highest BCUT2D eigenvalue weighted by atomic mass is 19.1. The second-order valence-electron chi connectivity index (χ2n) is 6.65. The van der Waals surface area contributed by atoms with Crippen LogP contribution in [-0.2, 0) is 11.3 Å². The molecule has 3 aromatic carbocycles. The third-order valence-corrected chi connectivity index (χ3v) is 4.67. The molecule has 1 aromatic heterocycles. The van der Waals surface area contributed by atoms with Gasteiger partial charge in [0.15, 0.2) is 0 Å². The molecule has 7 heteroatoms. The number of rotatable bonds is 5. The predicted octanol–water partition coefficient (Wildman–Crippen LogP) is 3.85. The van der Waals surface area contributed by atoms with E-state index in [4.69, 9.17) is 4.74 Å². The SMILES string of the molecule is COc1nn(CC(=O)Nc2ccc(-c3ccc(F)cc3)cc2)c(=O)c2ccccc12. The van der Waals surface area contributed by atoms with Gasteiger partial charge in [0.2, 0.25) is 11.8 Å². The number of carbonyl (C=O) groups is 1. The monoisotopic (exact) mass is 403 g/mol. The van der Waals surface area contributed by atoms with E-state index in [1.807, 2.05) is 12.1 Å². The molecule has 0 fully saturated rings. The maximum absolute atomic E-state index is 13.1. The van der Waals surface area contributed by atoms with Crippen molar-refractivity contribution >= 4 is 22.4 Å². The van der Waals surface area contributed by atoms with Crippen LogP contribution in [0.1, 0.15) is 0 Å². The zero-order valence-corrected chi connectivity index (χ0v) is 16.1. The topological polar surface area (TPSA) is 73.2 Å². The van der Waals surface area contributed by atoms with Crippen LogP contribution in [0.25, 0.3) is 21.9 Å². The quantitative estimate of drug-likeness (QED) is 0.549. The van der Waals surface area contributed by atoms with E-state index in [1.54, 1.807) is 48.5 Å². The number of amides is 1. The molecule has 1 N–H and O–H groups in total. The Hall–Kier alpha value is -4.00. The molecule has 0 aliphatic heterocycles. The number of hydrogen-bond donors (Lipinski definition) is 1. The Kier molecular flexibility index (Phi) is 5.26. The number of aromatic nitrogens is 2. The lowest BCUT2D eigenvalue weighted by Crippen LogP contribution is -2.30. The molecule has 6 nitrogen and oxygen atoms in total. The second-order valence-corrected chi connectivity index (χ2v) is 6.65. The van der Waals surface area contributed by atoms with Gasteiger partial charge in [-0.2, -0.15) is 0 Å². The lowest BCUT2D eigenvalue weighted by atomic mass is 10.1. The van der Waals surface area contributed by atoms with Gasteiger partial charge in [-0.3, -0.25) is 9.59 Å². The van der Waals surface area contributed by atoms with Gasteiger partial charge < -0.3 is 10.1 Å². The summed E-state index contributed by atoms with van der Waals surface area (Å²) >= 11 is 0. The van der Waals surface area contributed by atoms with Gasteiger partial charge in [-0.15, -0.1) is 5.10 Å². The van der Waals surface area contributed by atoms with Gasteiger partial charge >= 0.3 is 0 Å². The maximum Gasteiger partial charge on any atom is 0.275 e. The van der Waals surface area contributed by atoms with Crippen LogP contribution in [0.15, 0.2) is 77.6 Å². The van der Waals surface area contributed by atoms with Gasteiger partial charge in [0.1, 0.15) is 12.4 Å². The number of anilines is 1. The number of fused-ring (bicyclic) bond motifs is 1. The fourth-order valence-corrected chi connectivity index (χ4v) is 3.19. The van der Waals surface area contributed by atoms with Crippen molar-refractivity contribution in [2.75, 3.05) is 12.4 Å². The zero-order valence-electron chi connectivity index (χ0n) is 16.1. The van der Waals surface area contributed by atoms with Crippen molar-refractivity contribution in [3.63, 3.8) is 0 Å². The first-order chi connectivity index (χ1) is 14.5. The van der Waals surface area contributed by atoms with E-state index < -0.39 is 5.91 Å². The molecular weight excluding hydrogens is 385 g/mol. The third kappa shape index (κ3) is 3.91. The number of carbonyl (C=O) groups excluding carboxylic acids is 1. The van der Waals surface area contributed by atoms with Crippen molar-refractivity contribution < 1.29 is 13.9 Å². The molecule has 0 atom stereocenters. The summed E-state index contributed by atoms with van der Waals surface area (Å²) in [5.74, 6) is -0.407. The Labute approximate surface area is 171 Å². The van der Waals surface area contributed by atoms with Gasteiger partial charge in [0, 0.05) is 5.69 Å². The Balaban J connectivity index is 1.52. The Morgan fingerprint density at radius 2 is 1.57 bits per heavy atom. The van der Waals surface area contributed by atoms with Crippen LogP contribution in [0.2, 0.25) is 0 Å². The van der Waals surface area contributed by atoms with Gasteiger partial charge in [-0.25, -0.2) is 9.07 Å². The highest BCUT2D eigenvalue weighted by Gasteiger charge is 2.13. The molecule has 0 saturated heterocycles. The van der Waals surface area contributed by atoms with E-state index in [2.05, 4.69) is 10.4 Å². The molecule has 0 bridgehead atoms. The number of nitrogens with zero attached hydrogens (tertiary/aromatic N) is 2. The first-order valence-electron chi connectivity index (χ1n) is 9.25. The number of methoxy groups -OCH3 is 1. The highest BCUT2D eigenvalue weighted by Crippen LogP contribution is 2.22. The van der Waals surface area contributed by atoms with Crippen LogP contribution in [0.5, 0.6) is 5.88 Å². The molecule has 0 saturated carbocycles. The molecule has 0 spiro atoms. The minimum Gasteiger partial charge on any atom is -0.480 e. The summed E-state index contributed by atoms with van der Waals surface area (Å²) in [5.41, 5.74) is 1.97. The van der Waals surface area contributed by atoms with E-state index in [-0.39, 0.29) is 23.8 Å². The molecule has 4 rings (SSSR count). The van der Waals surface area contributed by atoms with E-state index in [0.29, 0.717) is 16.5 Å². The Bertz CT molecular complexity index is 1270. The molecule has 1 heterocycles. The van der Waals surface area contributed by atoms with Crippen LogP contribution in [-0.4, -0.2) is 22.8 Å². The standard InChI is InChI=1S/C23H18FN3O3/c1-30-22-19-4-2-3-5-20(19)23(29)27(26-22)14-21(28)25-18-12-8-16(9-13-18)15-6-10-17(24)11-7-15/h2-13H,14H2,1H3,(H,25,28). The Morgan fingerprint density at radius 3 is 2.20 bits per heavy atom. The van der Waals surface area contributed by atoms with Gasteiger partial charge in [-0.05, 0) is 47.5 Å². The van der Waals surface area contributed by atoms with Crippen molar-refractivity contribution in [3.8, 4) is 17.0 Å². The fraction of sp³-hybridized carbons (Fsp3) is 0.0870. The number of halogens is 1. The normalized spacial score (nSPS) is 10.7. The Morgan fingerprint density at radius 1 is 0.967 bits per heavy atom. The van der Waals surface area contributed by atoms with Gasteiger partial charge in [-0.1, -0.05) is 36.4 Å². The van der Waals surface area contributed by atoms with Crippen molar-refractivity contribution in [1.29, 1.82) is 0 Å². The highest BCUT2D eigenvalue weighted by molar-refractivity contribution is 5.91. The largest absolute Gasteiger partial charge is 0.480 e. The molecule has 0 radical (unpaired) electrons. The summed E-state index contributed by atoms with van der Waals surface area (Å²) in [6, 6.07) is 20.3. The van der Waals surface area contributed by atoms with Crippen molar-refractivity contribution in [3.05, 3.63) is 89.0 Å². The molecule has 0 aliphatic carbocycles. The van der Waals surface area contributed by atoms with E-state index in [9.17, 15) is 14.0 Å². The molecule has 30 heavy (non-hydrogen) atoms. The third-order valence-electron chi connectivity index (χ3n) is 4.67. The minimum atomic E-state index is -0.392. The van der Waals surface area contributed by atoms with Crippen LogP contribution < -0.4 is 15.6 Å². The molecule has 150 valence electrons. The molecule has 0 unspecified atom stereocenters. The number of benzene rings is 3. The zero-order chi connectivity index (χ0) is 21.1. The summed E-state index contributed by atoms with van der Waals surface area (Å²) in [6.45, 7) is -0.250. The van der Waals surface area contributed by atoms with Crippen LogP contribution in [0, 0.1) is 5.82 Å². The van der Waals surface area contributed by atoms with E-state index in [0.717, 1.165) is 15.8 Å². The van der Waals surface area contributed by atoms with Gasteiger partial charge in [0.05, 0.1) is 17.9 Å². The number of ether oxygens (including phenoxy) is 1. The maximum atomic E-state index is 13.1. The summed E-state index contributed by atoms with van der Waals surface area (Å²) in [5, 5.41) is 7.93. The van der Waals surface area contributed by atoms with Crippen molar-refractivity contribution in [2.24, 2.45) is 0 Å². The van der Waals surface area contributed by atoms with E-state index in [1.165, 1.54) is 19.2 Å². The average molecular weight is 403 g/mol. The molecule has 4 aromatic rings. The first-order valence-corrected chi connectivity index (χ1v) is 9.25. The smallest absolute Gasteiger partial charge is 0.275 e. The second kappa shape index (κ2) is 8.16. The summed E-state index contributed by atoms with van der Waals surface area (Å²) in [4.78, 5) is 25.1. The lowest BCUT2D eigenvalue weighted by molar-refractivity contribution is -0.117. The molecule has 1 amide bonds. The lowest BCUT2D eigenvalue weighted by Gasteiger charge is -2.10. The van der Waals surface area contributed by atoms with E-state index >= 15 is 0 Å². The van der Waals surface area contributed by atoms with Crippen LogP contribution in [0.4, 0.5) is 10.1 Å². The summed E-state index contributed by atoms with van der Waals surface area (Å²) < 4.78 is 19.4.